The molecule has 88 valence electrons. The molecule has 1 aliphatic heterocycles. The van der Waals surface area contributed by atoms with Gasteiger partial charge in [0.1, 0.15) is 5.75 Å². The number of aliphatic hydroxyl groups is 1. The summed E-state index contributed by atoms with van der Waals surface area (Å²) in [6.07, 6.45) is 1.18. The van der Waals surface area contributed by atoms with Gasteiger partial charge < -0.3 is 14.6 Å². The van der Waals surface area contributed by atoms with E-state index in [4.69, 9.17) is 9.47 Å². The molecule has 2 rings (SSSR count). The molecule has 1 heterocycles. The average molecular weight is 222 g/mol. The molecule has 1 fully saturated rings. The van der Waals surface area contributed by atoms with Crippen molar-refractivity contribution in [3.63, 3.8) is 0 Å². The molecule has 0 aromatic heterocycles. The summed E-state index contributed by atoms with van der Waals surface area (Å²) in [6, 6.07) is 7.91. The highest BCUT2D eigenvalue weighted by Crippen LogP contribution is 2.29. The maximum absolute atomic E-state index is 9.60. The van der Waals surface area contributed by atoms with Gasteiger partial charge in [0.05, 0.1) is 18.8 Å². The molecular weight excluding hydrogens is 204 g/mol. The monoisotopic (exact) mass is 222 g/mol. The van der Waals surface area contributed by atoms with Crippen LogP contribution in [0.2, 0.25) is 0 Å². The fraction of sp³-hybridized carbons (Fsp3) is 0.538. The summed E-state index contributed by atoms with van der Waals surface area (Å²) >= 11 is 0. The lowest BCUT2D eigenvalue weighted by Crippen LogP contribution is -2.23. The van der Waals surface area contributed by atoms with Gasteiger partial charge in [-0.2, -0.15) is 0 Å². The number of ether oxygens (including phenoxy) is 2. The molecule has 3 nitrogen and oxygen atoms in total. The van der Waals surface area contributed by atoms with E-state index in [1.54, 1.807) is 0 Å². The van der Waals surface area contributed by atoms with E-state index in [0.29, 0.717) is 19.6 Å². The normalized spacial score (nSPS) is 25.4. The maximum Gasteiger partial charge on any atom is 0.119 e. The van der Waals surface area contributed by atoms with E-state index in [1.807, 2.05) is 31.2 Å². The Labute approximate surface area is 96.0 Å². The van der Waals surface area contributed by atoms with E-state index >= 15 is 0 Å². The number of aliphatic hydroxyl groups excluding tert-OH is 1. The SMILES string of the molecule is CCOc1cccc(C2CC(O)CCO2)c1. The zero-order valence-electron chi connectivity index (χ0n) is 9.56. The van der Waals surface area contributed by atoms with Gasteiger partial charge in [-0.3, -0.25) is 0 Å². The molecule has 1 saturated heterocycles. The summed E-state index contributed by atoms with van der Waals surface area (Å²) in [4.78, 5) is 0. The molecule has 2 atom stereocenters. The van der Waals surface area contributed by atoms with E-state index in [2.05, 4.69) is 0 Å². The van der Waals surface area contributed by atoms with Crippen LogP contribution >= 0.6 is 0 Å². The van der Waals surface area contributed by atoms with Gasteiger partial charge in [-0.25, -0.2) is 0 Å². The fourth-order valence-electron chi connectivity index (χ4n) is 1.98. The van der Waals surface area contributed by atoms with Crippen molar-refractivity contribution in [3.05, 3.63) is 29.8 Å². The predicted octanol–water partition coefficient (Wildman–Crippen LogP) is 2.30. The van der Waals surface area contributed by atoms with E-state index in [-0.39, 0.29) is 12.2 Å². The van der Waals surface area contributed by atoms with Gasteiger partial charge in [-0.1, -0.05) is 12.1 Å². The Bertz CT molecular complexity index is 338. The standard InChI is InChI=1S/C13H18O3/c1-2-15-12-5-3-4-10(8-12)13-9-11(14)6-7-16-13/h3-5,8,11,13-14H,2,6-7,9H2,1H3. The van der Waals surface area contributed by atoms with Crippen LogP contribution in [0.3, 0.4) is 0 Å². The van der Waals surface area contributed by atoms with Gasteiger partial charge >= 0.3 is 0 Å². The quantitative estimate of drug-likeness (QED) is 0.852. The highest BCUT2D eigenvalue weighted by Gasteiger charge is 2.22. The van der Waals surface area contributed by atoms with Gasteiger partial charge in [0.15, 0.2) is 0 Å². The molecule has 2 unspecified atom stereocenters. The third-order valence-electron chi connectivity index (χ3n) is 2.80. The average Bonchev–Trinajstić information content (AvgIpc) is 2.30. The van der Waals surface area contributed by atoms with Gasteiger partial charge in [0, 0.05) is 13.0 Å². The molecular formula is C13H18O3. The molecule has 0 saturated carbocycles. The lowest BCUT2D eigenvalue weighted by Gasteiger charge is -2.27. The van der Waals surface area contributed by atoms with Crippen LogP contribution in [-0.4, -0.2) is 24.4 Å². The number of hydrogen-bond donors (Lipinski definition) is 1. The van der Waals surface area contributed by atoms with Crippen molar-refractivity contribution in [2.45, 2.75) is 32.0 Å². The summed E-state index contributed by atoms with van der Waals surface area (Å²) in [5.74, 6) is 0.865. The van der Waals surface area contributed by atoms with Crippen LogP contribution in [0.5, 0.6) is 5.75 Å². The first kappa shape index (κ1) is 11.4. The first-order chi connectivity index (χ1) is 7.79. The Morgan fingerprint density at radius 2 is 2.38 bits per heavy atom. The van der Waals surface area contributed by atoms with Gasteiger partial charge in [-0.05, 0) is 31.0 Å². The molecule has 16 heavy (non-hydrogen) atoms. The third kappa shape index (κ3) is 2.74. The second kappa shape index (κ2) is 5.32. The molecule has 1 aromatic rings. The van der Waals surface area contributed by atoms with Crippen LogP contribution in [0.15, 0.2) is 24.3 Å². The van der Waals surface area contributed by atoms with E-state index in [9.17, 15) is 5.11 Å². The van der Waals surface area contributed by atoms with Crippen molar-refractivity contribution >= 4 is 0 Å². The minimum Gasteiger partial charge on any atom is -0.494 e. The molecule has 0 aliphatic carbocycles. The zero-order chi connectivity index (χ0) is 11.4. The molecule has 1 aliphatic rings. The summed E-state index contributed by atoms with van der Waals surface area (Å²) in [5, 5.41) is 9.60. The minimum atomic E-state index is -0.241. The molecule has 0 radical (unpaired) electrons. The zero-order valence-corrected chi connectivity index (χ0v) is 9.56. The van der Waals surface area contributed by atoms with Crippen molar-refractivity contribution in [2.75, 3.05) is 13.2 Å². The Balaban J connectivity index is 2.09. The molecule has 1 aromatic carbocycles. The Hall–Kier alpha value is -1.06. The van der Waals surface area contributed by atoms with Crippen molar-refractivity contribution in [1.29, 1.82) is 0 Å². The largest absolute Gasteiger partial charge is 0.494 e. The number of benzene rings is 1. The lowest BCUT2D eigenvalue weighted by atomic mass is 9.99. The molecule has 3 heteroatoms. The minimum absolute atomic E-state index is 0.00385. The highest BCUT2D eigenvalue weighted by atomic mass is 16.5. The van der Waals surface area contributed by atoms with E-state index in [0.717, 1.165) is 17.7 Å². The number of hydrogen-bond acceptors (Lipinski definition) is 3. The van der Waals surface area contributed by atoms with Crippen molar-refractivity contribution in [3.8, 4) is 5.75 Å². The molecule has 0 bridgehead atoms. The van der Waals surface area contributed by atoms with Crippen molar-refractivity contribution in [1.82, 2.24) is 0 Å². The maximum atomic E-state index is 9.60. The Morgan fingerprint density at radius 3 is 3.12 bits per heavy atom. The van der Waals surface area contributed by atoms with Gasteiger partial charge in [0.25, 0.3) is 0 Å². The first-order valence-electron chi connectivity index (χ1n) is 5.82. The third-order valence-corrected chi connectivity index (χ3v) is 2.80. The van der Waals surface area contributed by atoms with Crippen LogP contribution in [-0.2, 0) is 4.74 Å². The summed E-state index contributed by atoms with van der Waals surface area (Å²) < 4.78 is 11.1. The van der Waals surface area contributed by atoms with Gasteiger partial charge in [0.2, 0.25) is 0 Å². The Kier molecular flexibility index (Phi) is 3.80. The van der Waals surface area contributed by atoms with E-state index < -0.39 is 0 Å². The highest BCUT2D eigenvalue weighted by molar-refractivity contribution is 5.30. The van der Waals surface area contributed by atoms with Crippen LogP contribution in [0.25, 0.3) is 0 Å². The Morgan fingerprint density at radius 1 is 1.50 bits per heavy atom. The van der Waals surface area contributed by atoms with Crippen molar-refractivity contribution in [2.24, 2.45) is 0 Å². The number of rotatable bonds is 3. The van der Waals surface area contributed by atoms with Crippen LogP contribution < -0.4 is 4.74 Å². The van der Waals surface area contributed by atoms with Gasteiger partial charge in [-0.15, -0.1) is 0 Å². The molecule has 0 amide bonds. The lowest BCUT2D eigenvalue weighted by molar-refractivity contribution is -0.0448. The van der Waals surface area contributed by atoms with E-state index in [1.165, 1.54) is 0 Å². The second-order valence-electron chi connectivity index (χ2n) is 4.04. The van der Waals surface area contributed by atoms with Crippen LogP contribution in [0.4, 0.5) is 0 Å². The first-order valence-corrected chi connectivity index (χ1v) is 5.82. The predicted molar refractivity (Wildman–Crippen MR) is 61.5 cm³/mol. The van der Waals surface area contributed by atoms with Crippen LogP contribution in [0.1, 0.15) is 31.4 Å². The van der Waals surface area contributed by atoms with Crippen LogP contribution in [0, 0.1) is 0 Å². The second-order valence-corrected chi connectivity index (χ2v) is 4.04. The summed E-state index contributed by atoms with van der Waals surface area (Å²) in [6.45, 7) is 3.26. The molecule has 0 spiro atoms. The topological polar surface area (TPSA) is 38.7 Å². The van der Waals surface area contributed by atoms with Crippen molar-refractivity contribution < 1.29 is 14.6 Å². The smallest absolute Gasteiger partial charge is 0.119 e. The summed E-state index contributed by atoms with van der Waals surface area (Å²) in [5.41, 5.74) is 1.09. The fourth-order valence-corrected chi connectivity index (χ4v) is 1.98. The molecule has 1 N–H and O–H groups in total. The summed E-state index contributed by atoms with van der Waals surface area (Å²) in [7, 11) is 0.